The fraction of sp³-hybridized carbons (Fsp3) is 0.462. The summed E-state index contributed by atoms with van der Waals surface area (Å²) in [5.74, 6) is -12.5. The third kappa shape index (κ3) is 3.39. The van der Waals surface area contributed by atoms with Gasteiger partial charge in [0.05, 0.1) is 0 Å². The smallest absolute Gasteiger partial charge is 0.280 e. The van der Waals surface area contributed by atoms with Crippen LogP contribution in [0.4, 0.5) is 30.7 Å². The van der Waals surface area contributed by atoms with Crippen LogP contribution >= 0.6 is 11.8 Å². The number of rotatable bonds is 4. The molecule has 0 saturated heterocycles. The van der Waals surface area contributed by atoms with Gasteiger partial charge in [0.15, 0.2) is 0 Å². The summed E-state index contributed by atoms with van der Waals surface area (Å²) in [5, 5.41) is -2.55. The van der Waals surface area contributed by atoms with E-state index in [1.165, 1.54) is 24.3 Å². The maximum Gasteiger partial charge on any atom is 0.460 e. The number of benzene rings is 1. The Morgan fingerprint density at radius 2 is 1.50 bits per heavy atom. The van der Waals surface area contributed by atoms with Crippen LogP contribution in [-0.2, 0) is 4.79 Å². The van der Waals surface area contributed by atoms with Gasteiger partial charge in [-0.05, 0) is 29.3 Å². The second-order valence-corrected chi connectivity index (χ2v) is 5.74. The lowest BCUT2D eigenvalue weighted by Gasteiger charge is -2.26. The second kappa shape index (κ2) is 6.10. The summed E-state index contributed by atoms with van der Waals surface area (Å²) in [7, 11) is 0. The molecule has 0 amide bonds. The van der Waals surface area contributed by atoms with E-state index in [1.807, 2.05) is 0 Å². The molecule has 0 unspecified atom stereocenters. The van der Waals surface area contributed by atoms with Gasteiger partial charge in [-0.3, -0.25) is 4.79 Å². The number of thioether (sulfide) groups is 1. The molecular formula is C13H11F7OS. The lowest BCUT2D eigenvalue weighted by atomic mass is 10.0. The van der Waals surface area contributed by atoms with E-state index in [9.17, 15) is 35.5 Å². The van der Waals surface area contributed by atoms with Crippen LogP contribution in [0.1, 0.15) is 25.3 Å². The van der Waals surface area contributed by atoms with E-state index >= 15 is 0 Å². The summed E-state index contributed by atoms with van der Waals surface area (Å²) in [5.41, 5.74) is 0.395. The molecule has 0 atom stereocenters. The monoisotopic (exact) mass is 348 g/mol. The van der Waals surface area contributed by atoms with E-state index in [1.54, 1.807) is 13.8 Å². The molecule has 1 rings (SSSR count). The van der Waals surface area contributed by atoms with Gasteiger partial charge in [-0.2, -0.15) is 30.7 Å². The summed E-state index contributed by atoms with van der Waals surface area (Å²) in [6, 6.07) is 5.58. The molecular weight excluding hydrogens is 337 g/mol. The Hall–Kier alpha value is -1.25. The van der Waals surface area contributed by atoms with Crippen LogP contribution in [0.25, 0.3) is 0 Å². The second-order valence-electron chi connectivity index (χ2n) is 4.73. The molecule has 1 aromatic carbocycles. The Balaban J connectivity index is 3.13. The number of carbonyl (C=O) groups excluding carboxylic acids is 1. The Morgan fingerprint density at radius 1 is 1.00 bits per heavy atom. The van der Waals surface area contributed by atoms with E-state index < -0.39 is 23.1 Å². The molecule has 0 bridgehead atoms. The Bertz CT molecular complexity index is 552. The first-order chi connectivity index (χ1) is 9.82. The third-order valence-corrected chi connectivity index (χ3v) is 3.78. The van der Waals surface area contributed by atoms with Gasteiger partial charge >= 0.3 is 18.0 Å². The summed E-state index contributed by atoms with van der Waals surface area (Å²) in [6.45, 7) is 3.32. The molecule has 0 radical (unpaired) electrons. The van der Waals surface area contributed by atoms with Crippen LogP contribution in [0.5, 0.6) is 0 Å². The molecule has 0 heterocycles. The van der Waals surface area contributed by atoms with Gasteiger partial charge in [0.2, 0.25) is 0 Å². The van der Waals surface area contributed by atoms with Crippen molar-refractivity contribution in [3.05, 3.63) is 29.8 Å². The molecule has 0 N–H and O–H groups in total. The summed E-state index contributed by atoms with van der Waals surface area (Å²) >= 11 is -0.320. The zero-order valence-electron chi connectivity index (χ0n) is 11.3. The van der Waals surface area contributed by atoms with Crippen molar-refractivity contribution in [2.75, 3.05) is 0 Å². The van der Waals surface area contributed by atoms with Crippen LogP contribution in [0.15, 0.2) is 29.2 Å². The molecule has 1 nitrogen and oxygen atoms in total. The lowest BCUT2D eigenvalue weighted by molar-refractivity contribution is -0.341. The summed E-state index contributed by atoms with van der Waals surface area (Å²) in [4.78, 5) is 11.3. The average Bonchev–Trinajstić information content (AvgIpc) is 2.37. The molecule has 0 aliphatic carbocycles. The van der Waals surface area contributed by atoms with Gasteiger partial charge < -0.3 is 0 Å². The quantitative estimate of drug-likeness (QED) is 0.545. The van der Waals surface area contributed by atoms with Crippen molar-refractivity contribution in [1.29, 1.82) is 0 Å². The lowest BCUT2D eigenvalue weighted by Crippen LogP contribution is -2.55. The maximum atomic E-state index is 13.3. The van der Waals surface area contributed by atoms with E-state index in [-0.39, 0.29) is 22.6 Å². The van der Waals surface area contributed by atoms with E-state index in [2.05, 4.69) is 0 Å². The topological polar surface area (TPSA) is 17.1 Å². The number of carbonyl (C=O) groups is 1. The van der Waals surface area contributed by atoms with Crippen LogP contribution in [0.2, 0.25) is 0 Å². The molecule has 0 aromatic heterocycles. The highest BCUT2D eigenvalue weighted by Gasteiger charge is 2.76. The molecule has 22 heavy (non-hydrogen) atoms. The minimum atomic E-state index is -6.52. The van der Waals surface area contributed by atoms with Gasteiger partial charge in [0.1, 0.15) is 0 Å². The molecule has 0 aliphatic rings. The highest BCUT2D eigenvalue weighted by atomic mass is 32.2. The first kappa shape index (κ1) is 18.8. The summed E-state index contributed by atoms with van der Waals surface area (Å²) < 4.78 is 88.3. The number of alkyl halides is 7. The van der Waals surface area contributed by atoms with E-state index in [0.717, 1.165) is 0 Å². The Kier molecular flexibility index (Phi) is 5.21. The molecule has 1 aromatic rings. The predicted octanol–water partition coefficient (Wildman–Crippen LogP) is 5.26. The molecule has 0 fully saturated rings. The first-order valence-electron chi connectivity index (χ1n) is 5.96. The standard InChI is InChI=1S/C13H11F7OS/c1-7(2)8-5-3-4-6-9(8)22-10(21)11(14,15)12(16,17)13(18,19)20/h3-7H,1-2H3. The fourth-order valence-electron chi connectivity index (χ4n) is 1.52. The van der Waals surface area contributed by atoms with Crippen LogP contribution in [0, 0.1) is 0 Å². The van der Waals surface area contributed by atoms with Crippen molar-refractivity contribution in [3.8, 4) is 0 Å². The van der Waals surface area contributed by atoms with Crippen LogP contribution in [0.3, 0.4) is 0 Å². The molecule has 0 spiro atoms. The minimum Gasteiger partial charge on any atom is -0.280 e. The van der Waals surface area contributed by atoms with Gasteiger partial charge in [0.25, 0.3) is 5.12 Å². The van der Waals surface area contributed by atoms with Gasteiger partial charge in [-0.15, -0.1) is 0 Å². The van der Waals surface area contributed by atoms with Crippen molar-refractivity contribution in [2.24, 2.45) is 0 Å². The fourth-order valence-corrected chi connectivity index (χ4v) is 2.54. The minimum absolute atomic E-state index is 0.0832. The zero-order valence-corrected chi connectivity index (χ0v) is 12.2. The van der Waals surface area contributed by atoms with Crippen molar-refractivity contribution < 1.29 is 35.5 Å². The normalized spacial score (nSPS) is 13.5. The molecule has 0 aliphatic heterocycles. The Morgan fingerprint density at radius 3 is 1.95 bits per heavy atom. The zero-order chi connectivity index (χ0) is 17.3. The van der Waals surface area contributed by atoms with E-state index in [4.69, 9.17) is 0 Å². The highest BCUT2D eigenvalue weighted by molar-refractivity contribution is 8.13. The third-order valence-electron chi connectivity index (χ3n) is 2.75. The highest BCUT2D eigenvalue weighted by Crippen LogP contribution is 2.49. The molecule has 9 heteroatoms. The predicted molar refractivity (Wildman–Crippen MR) is 67.3 cm³/mol. The van der Waals surface area contributed by atoms with Crippen molar-refractivity contribution >= 4 is 16.9 Å². The van der Waals surface area contributed by atoms with Crippen molar-refractivity contribution in [3.63, 3.8) is 0 Å². The maximum absolute atomic E-state index is 13.3. The van der Waals surface area contributed by atoms with E-state index in [0.29, 0.717) is 5.56 Å². The van der Waals surface area contributed by atoms with Crippen molar-refractivity contribution in [2.45, 2.75) is 42.7 Å². The number of hydrogen-bond donors (Lipinski definition) is 0. The van der Waals surface area contributed by atoms with Gasteiger partial charge in [-0.25, -0.2) is 0 Å². The average molecular weight is 348 g/mol. The number of hydrogen-bond acceptors (Lipinski definition) is 2. The SMILES string of the molecule is CC(C)c1ccccc1SC(=O)C(F)(F)C(F)(F)C(F)(F)F. The van der Waals surface area contributed by atoms with Gasteiger partial charge in [0, 0.05) is 4.90 Å². The molecule has 0 saturated carbocycles. The molecule has 124 valence electrons. The number of halogens is 7. The van der Waals surface area contributed by atoms with Crippen molar-refractivity contribution in [1.82, 2.24) is 0 Å². The Labute approximate surface area is 125 Å². The largest absolute Gasteiger partial charge is 0.460 e. The first-order valence-corrected chi connectivity index (χ1v) is 6.77. The van der Waals surface area contributed by atoms with Gasteiger partial charge in [-0.1, -0.05) is 32.0 Å². The van der Waals surface area contributed by atoms with Crippen LogP contribution < -0.4 is 0 Å². The summed E-state index contributed by atoms with van der Waals surface area (Å²) in [6.07, 6.45) is -6.52. The van der Waals surface area contributed by atoms with Crippen LogP contribution in [-0.4, -0.2) is 23.1 Å².